The van der Waals surface area contributed by atoms with Crippen LogP contribution in [0.25, 0.3) is 10.9 Å². The molecule has 1 unspecified atom stereocenters. The van der Waals surface area contributed by atoms with E-state index in [-0.39, 0.29) is 23.5 Å². The Hall–Kier alpha value is -2.18. The number of benzene rings is 1. The molecule has 1 saturated carbocycles. The summed E-state index contributed by atoms with van der Waals surface area (Å²) in [6.45, 7) is 6.44. The first-order valence-electron chi connectivity index (χ1n) is 11.1. The van der Waals surface area contributed by atoms with Crippen LogP contribution in [0.1, 0.15) is 48.8 Å². The van der Waals surface area contributed by atoms with Crippen LogP contribution in [-0.4, -0.2) is 48.3 Å². The number of H-pyrrole nitrogens is 1. The number of ether oxygens (including phenoxy) is 2. The lowest BCUT2D eigenvalue weighted by atomic mass is 9.88. The fourth-order valence-electron chi connectivity index (χ4n) is 4.78. The molecule has 1 N–H and O–H groups in total. The van der Waals surface area contributed by atoms with Gasteiger partial charge >= 0.3 is 0 Å². The number of carbonyl (C=O) groups is 1. The van der Waals surface area contributed by atoms with Gasteiger partial charge in [0.1, 0.15) is 0 Å². The molecule has 0 spiro atoms. The maximum absolute atomic E-state index is 13.4. The molecular weight excluding hydrogens is 380 g/mol. The molecule has 1 aliphatic carbocycles. The van der Waals surface area contributed by atoms with Crippen molar-refractivity contribution in [2.45, 2.75) is 58.6 Å². The predicted octanol–water partition coefficient (Wildman–Crippen LogP) is 3.47. The van der Waals surface area contributed by atoms with E-state index in [1.165, 1.54) is 6.42 Å². The van der Waals surface area contributed by atoms with Gasteiger partial charge in [0.2, 0.25) is 5.91 Å². The van der Waals surface area contributed by atoms with Crippen LogP contribution in [0, 0.1) is 19.8 Å². The minimum atomic E-state index is -0.143. The van der Waals surface area contributed by atoms with Crippen molar-refractivity contribution in [3.05, 3.63) is 45.2 Å². The summed E-state index contributed by atoms with van der Waals surface area (Å²) >= 11 is 0. The van der Waals surface area contributed by atoms with Gasteiger partial charge in [-0.2, -0.15) is 0 Å². The SMILES string of the molecule is Cc1cc(C)c2[nH]c(=O)c(CN(CC3COCCO3)C(=O)C3CCCCC3)cc2c1. The highest BCUT2D eigenvalue weighted by atomic mass is 16.6. The third-order valence-corrected chi connectivity index (χ3v) is 6.31. The highest BCUT2D eigenvalue weighted by Gasteiger charge is 2.29. The Morgan fingerprint density at radius 1 is 1.13 bits per heavy atom. The lowest BCUT2D eigenvalue weighted by Crippen LogP contribution is -2.45. The van der Waals surface area contributed by atoms with E-state index < -0.39 is 0 Å². The normalized spacial score (nSPS) is 20.4. The van der Waals surface area contributed by atoms with E-state index in [0.29, 0.717) is 38.5 Å². The largest absolute Gasteiger partial charge is 0.376 e. The molecular formula is C24H32N2O4. The van der Waals surface area contributed by atoms with Crippen LogP contribution < -0.4 is 5.56 Å². The molecule has 6 heteroatoms. The van der Waals surface area contributed by atoms with E-state index in [1.807, 2.05) is 17.9 Å². The summed E-state index contributed by atoms with van der Waals surface area (Å²) in [5.41, 5.74) is 3.56. The quantitative estimate of drug-likeness (QED) is 0.816. The molecule has 30 heavy (non-hydrogen) atoms. The van der Waals surface area contributed by atoms with Crippen molar-refractivity contribution in [1.29, 1.82) is 0 Å². The average Bonchev–Trinajstić information content (AvgIpc) is 2.75. The van der Waals surface area contributed by atoms with Crippen LogP contribution in [0.4, 0.5) is 0 Å². The van der Waals surface area contributed by atoms with Crippen molar-refractivity contribution < 1.29 is 14.3 Å². The second-order valence-corrected chi connectivity index (χ2v) is 8.79. The van der Waals surface area contributed by atoms with Crippen LogP contribution in [-0.2, 0) is 20.8 Å². The lowest BCUT2D eigenvalue weighted by Gasteiger charge is -2.33. The number of fused-ring (bicyclic) bond motifs is 1. The van der Waals surface area contributed by atoms with Crippen molar-refractivity contribution in [2.75, 3.05) is 26.4 Å². The Bertz CT molecular complexity index is 956. The van der Waals surface area contributed by atoms with Crippen LogP contribution >= 0.6 is 0 Å². The van der Waals surface area contributed by atoms with E-state index in [2.05, 4.69) is 24.0 Å². The molecule has 2 aromatic rings. The first kappa shape index (κ1) is 21.1. The lowest BCUT2D eigenvalue weighted by molar-refractivity contribution is -0.144. The number of rotatable bonds is 5. The second-order valence-electron chi connectivity index (χ2n) is 8.79. The van der Waals surface area contributed by atoms with Crippen molar-refractivity contribution in [3.63, 3.8) is 0 Å². The van der Waals surface area contributed by atoms with E-state index in [9.17, 15) is 9.59 Å². The van der Waals surface area contributed by atoms with Crippen LogP contribution in [0.3, 0.4) is 0 Å². The Labute approximate surface area is 177 Å². The number of aryl methyl sites for hydroxylation is 2. The number of nitrogens with zero attached hydrogens (tertiary/aromatic N) is 1. The van der Waals surface area contributed by atoms with Crippen LogP contribution in [0.15, 0.2) is 23.0 Å². The average molecular weight is 413 g/mol. The van der Waals surface area contributed by atoms with Crippen molar-refractivity contribution >= 4 is 16.8 Å². The molecule has 6 nitrogen and oxygen atoms in total. The van der Waals surface area contributed by atoms with E-state index >= 15 is 0 Å². The molecule has 0 radical (unpaired) electrons. The molecule has 2 aliphatic rings. The molecule has 0 bridgehead atoms. The van der Waals surface area contributed by atoms with Crippen molar-refractivity contribution in [3.8, 4) is 0 Å². The summed E-state index contributed by atoms with van der Waals surface area (Å²) in [5.74, 6) is 0.191. The summed E-state index contributed by atoms with van der Waals surface area (Å²) in [6.07, 6.45) is 5.13. The smallest absolute Gasteiger partial charge is 0.253 e. The number of amides is 1. The minimum absolute atomic E-state index is 0.0484. The summed E-state index contributed by atoms with van der Waals surface area (Å²) in [5, 5.41) is 1.00. The summed E-state index contributed by atoms with van der Waals surface area (Å²) < 4.78 is 11.3. The van der Waals surface area contributed by atoms with Crippen LogP contribution in [0.5, 0.6) is 0 Å². The fraction of sp³-hybridized carbons (Fsp3) is 0.583. The molecule has 2 heterocycles. The minimum Gasteiger partial charge on any atom is -0.376 e. The molecule has 1 aromatic heterocycles. The molecule has 1 aliphatic heterocycles. The molecule has 4 rings (SSSR count). The number of carbonyl (C=O) groups excluding carboxylic acids is 1. The zero-order valence-electron chi connectivity index (χ0n) is 18.0. The standard InChI is InChI=1S/C24H32N2O4/c1-16-10-17(2)22-19(11-16)12-20(23(27)25-22)13-26(14-21-15-29-8-9-30-21)24(28)18-6-4-3-5-7-18/h10-12,18,21H,3-9,13-15H2,1-2H3,(H,25,27). The summed E-state index contributed by atoms with van der Waals surface area (Å²) in [4.78, 5) is 31.1. The molecule has 2 fully saturated rings. The zero-order chi connectivity index (χ0) is 21.1. The Morgan fingerprint density at radius 2 is 1.93 bits per heavy atom. The van der Waals surface area contributed by atoms with Gasteiger partial charge in [0.25, 0.3) is 5.56 Å². The van der Waals surface area contributed by atoms with Gasteiger partial charge < -0.3 is 19.4 Å². The van der Waals surface area contributed by atoms with Crippen molar-refractivity contribution in [1.82, 2.24) is 9.88 Å². The Kier molecular flexibility index (Phi) is 6.54. The van der Waals surface area contributed by atoms with E-state index in [0.717, 1.165) is 47.7 Å². The molecule has 162 valence electrons. The van der Waals surface area contributed by atoms with Gasteiger partial charge in [0.15, 0.2) is 0 Å². The van der Waals surface area contributed by atoms with Crippen LogP contribution in [0.2, 0.25) is 0 Å². The van der Waals surface area contributed by atoms with Gasteiger partial charge in [-0.05, 0) is 49.8 Å². The van der Waals surface area contributed by atoms with Gasteiger partial charge in [-0.15, -0.1) is 0 Å². The third kappa shape index (κ3) is 4.76. The molecule has 1 saturated heterocycles. The third-order valence-electron chi connectivity index (χ3n) is 6.31. The zero-order valence-corrected chi connectivity index (χ0v) is 18.0. The number of aromatic nitrogens is 1. The van der Waals surface area contributed by atoms with Gasteiger partial charge in [0.05, 0.1) is 38.0 Å². The number of nitrogens with one attached hydrogen (secondary N) is 1. The highest BCUT2D eigenvalue weighted by Crippen LogP contribution is 2.26. The topological polar surface area (TPSA) is 71.6 Å². The van der Waals surface area contributed by atoms with Crippen molar-refractivity contribution in [2.24, 2.45) is 5.92 Å². The second kappa shape index (κ2) is 9.31. The van der Waals surface area contributed by atoms with E-state index in [4.69, 9.17) is 9.47 Å². The van der Waals surface area contributed by atoms with Gasteiger partial charge in [-0.1, -0.05) is 30.9 Å². The first-order valence-corrected chi connectivity index (χ1v) is 11.1. The maximum Gasteiger partial charge on any atom is 0.253 e. The fourth-order valence-corrected chi connectivity index (χ4v) is 4.78. The first-order chi connectivity index (χ1) is 14.5. The highest BCUT2D eigenvalue weighted by molar-refractivity contribution is 5.83. The number of pyridine rings is 1. The molecule has 1 atom stereocenters. The predicted molar refractivity (Wildman–Crippen MR) is 117 cm³/mol. The molecule has 1 amide bonds. The Morgan fingerprint density at radius 3 is 2.67 bits per heavy atom. The number of aromatic amines is 1. The number of hydrogen-bond donors (Lipinski definition) is 1. The summed E-state index contributed by atoms with van der Waals surface area (Å²) in [6, 6.07) is 6.08. The molecule has 1 aromatic carbocycles. The van der Waals surface area contributed by atoms with Gasteiger partial charge in [-0.25, -0.2) is 0 Å². The van der Waals surface area contributed by atoms with Gasteiger partial charge in [-0.3, -0.25) is 9.59 Å². The van der Waals surface area contributed by atoms with Gasteiger partial charge in [0, 0.05) is 18.0 Å². The summed E-state index contributed by atoms with van der Waals surface area (Å²) in [7, 11) is 0. The van der Waals surface area contributed by atoms with E-state index in [1.54, 1.807) is 0 Å². The monoisotopic (exact) mass is 412 g/mol. The Balaban J connectivity index is 1.62. The maximum atomic E-state index is 13.4. The number of hydrogen-bond acceptors (Lipinski definition) is 4.